The van der Waals surface area contributed by atoms with Crippen molar-refractivity contribution in [1.29, 1.82) is 0 Å². The quantitative estimate of drug-likeness (QED) is 0.697. The van der Waals surface area contributed by atoms with Crippen molar-refractivity contribution in [3.8, 4) is 0 Å². The van der Waals surface area contributed by atoms with Gasteiger partial charge in [-0.15, -0.1) is 4.99 Å². The van der Waals surface area contributed by atoms with Gasteiger partial charge in [0.25, 0.3) is 11.5 Å². The number of amides is 1. The van der Waals surface area contributed by atoms with Gasteiger partial charge in [-0.1, -0.05) is 13.8 Å². The summed E-state index contributed by atoms with van der Waals surface area (Å²) in [4.78, 5) is 21.3. The number of hydrogen-bond donors (Lipinski definition) is 0. The number of nitrogens with zero attached hydrogens (tertiary/aromatic N) is 4. The predicted octanol–water partition coefficient (Wildman–Crippen LogP) is 1.33. The second-order valence-corrected chi connectivity index (χ2v) is 5.97. The van der Waals surface area contributed by atoms with Gasteiger partial charge in [0.1, 0.15) is 0 Å². The maximum absolute atomic E-state index is 12.6. The third kappa shape index (κ3) is 1.93. The number of hydrogen-bond acceptors (Lipinski definition) is 3. The number of carbonyl (C=O) groups is 1. The van der Waals surface area contributed by atoms with Gasteiger partial charge in [-0.05, 0) is 6.42 Å². The molecule has 0 fully saturated rings. The third-order valence-corrected chi connectivity index (χ3v) is 3.72. The van der Waals surface area contributed by atoms with Crippen LogP contribution in [0.4, 0.5) is 0 Å². The molecule has 2 unspecified atom stereocenters. The van der Waals surface area contributed by atoms with Crippen LogP contribution in [0.1, 0.15) is 20.3 Å². The zero-order chi connectivity index (χ0) is 13.6. The van der Waals surface area contributed by atoms with Crippen LogP contribution in [-0.2, 0) is 4.79 Å². The molecule has 0 aromatic rings. The average molecular weight is 250 g/mol. The fraction of sp³-hybridized carbons (Fsp3) is 0.615. The zero-order valence-electron chi connectivity index (χ0n) is 11.8. The largest absolute Gasteiger partial charge is 0.378 e. The number of quaternary nitrogens is 2. The van der Waals surface area contributed by atoms with Crippen LogP contribution in [0.3, 0.4) is 0 Å². The van der Waals surface area contributed by atoms with E-state index >= 15 is 0 Å². The predicted molar refractivity (Wildman–Crippen MR) is 71.6 cm³/mol. The minimum atomic E-state index is 0.0558. The van der Waals surface area contributed by atoms with Crippen LogP contribution in [0.25, 0.3) is 0 Å². The second kappa shape index (κ2) is 4.10. The lowest BCUT2D eigenvalue weighted by molar-refractivity contribution is -0.757. The van der Waals surface area contributed by atoms with Crippen LogP contribution in [0.15, 0.2) is 21.5 Å². The van der Waals surface area contributed by atoms with Crippen LogP contribution in [0.5, 0.6) is 0 Å². The number of rotatable bonds is 3. The Balaban J connectivity index is 2.31. The normalized spacial score (nSPS) is 30.8. The molecule has 2 rings (SSSR count). The van der Waals surface area contributed by atoms with E-state index in [4.69, 9.17) is 0 Å². The molecule has 5 nitrogen and oxygen atoms in total. The van der Waals surface area contributed by atoms with Crippen molar-refractivity contribution >= 4 is 18.6 Å². The van der Waals surface area contributed by atoms with Crippen molar-refractivity contribution in [2.24, 2.45) is 15.9 Å². The Labute approximate surface area is 108 Å². The fourth-order valence-corrected chi connectivity index (χ4v) is 2.33. The van der Waals surface area contributed by atoms with Gasteiger partial charge in [-0.2, -0.15) is 4.99 Å². The van der Waals surface area contributed by atoms with E-state index in [0.29, 0.717) is 16.1 Å². The molecule has 0 saturated heterocycles. The Morgan fingerprint density at radius 2 is 1.89 bits per heavy atom. The molecule has 2 heterocycles. The number of likely N-dealkylation sites (N-methyl/N-ethyl adjacent to an activating group) is 1. The van der Waals surface area contributed by atoms with Gasteiger partial charge in [-0.3, -0.25) is 0 Å². The molecule has 0 radical (unpaired) electrons. The first-order chi connectivity index (χ1) is 8.30. The van der Waals surface area contributed by atoms with E-state index < -0.39 is 0 Å². The Morgan fingerprint density at radius 1 is 1.22 bits per heavy atom. The van der Waals surface area contributed by atoms with Gasteiger partial charge in [0, 0.05) is 5.92 Å². The number of aliphatic imine (C=N–C) groups is 2. The molecule has 5 heteroatoms. The number of carbonyl (C=O) groups excluding carboxylic acids is 1. The van der Waals surface area contributed by atoms with Crippen LogP contribution < -0.4 is 0 Å². The Kier molecular flexibility index (Phi) is 2.99. The van der Waals surface area contributed by atoms with Gasteiger partial charge >= 0.3 is 5.91 Å². The molecular formula is C13H22N4O+2. The van der Waals surface area contributed by atoms with Crippen molar-refractivity contribution in [1.82, 2.24) is 0 Å². The van der Waals surface area contributed by atoms with E-state index in [2.05, 4.69) is 23.8 Å². The van der Waals surface area contributed by atoms with Gasteiger partial charge in [0.15, 0.2) is 6.34 Å². The molecular weight excluding hydrogens is 228 g/mol. The lowest BCUT2D eigenvalue weighted by atomic mass is 10.1. The van der Waals surface area contributed by atoms with Crippen LogP contribution >= 0.6 is 0 Å². The SMILES string of the molecule is CCC(C)C[N+]1(C)C=NC2=C(N=C[N+]2(C)C)C1=O. The first-order valence-electron chi connectivity index (χ1n) is 6.39. The van der Waals surface area contributed by atoms with Crippen molar-refractivity contribution < 1.29 is 13.8 Å². The highest BCUT2D eigenvalue weighted by molar-refractivity contribution is 5.96. The summed E-state index contributed by atoms with van der Waals surface area (Å²) in [6.45, 7) is 5.08. The molecule has 0 aliphatic carbocycles. The van der Waals surface area contributed by atoms with Gasteiger partial charge in [0.05, 0.1) is 27.7 Å². The standard InChI is InChI=1S/C13H22N4O/c1-6-10(2)7-17(5)9-15-12-11(13(17)18)14-8-16(12,3)4/h8-10H,6-7H2,1-5H3/q+2. The van der Waals surface area contributed by atoms with Crippen molar-refractivity contribution in [3.63, 3.8) is 0 Å². The summed E-state index contributed by atoms with van der Waals surface area (Å²) in [5, 5.41) is 0. The molecule has 98 valence electrons. The second-order valence-electron chi connectivity index (χ2n) is 5.97. The lowest BCUT2D eigenvalue weighted by Crippen LogP contribution is -2.53. The summed E-state index contributed by atoms with van der Waals surface area (Å²) in [6, 6.07) is 0. The van der Waals surface area contributed by atoms with Crippen LogP contribution in [0, 0.1) is 5.92 Å². The molecule has 0 saturated carbocycles. The molecule has 2 aliphatic heterocycles. The van der Waals surface area contributed by atoms with Gasteiger partial charge in [-0.25, -0.2) is 13.8 Å². The van der Waals surface area contributed by atoms with Crippen LogP contribution in [0.2, 0.25) is 0 Å². The van der Waals surface area contributed by atoms with E-state index in [0.717, 1.165) is 18.8 Å². The Morgan fingerprint density at radius 3 is 2.50 bits per heavy atom. The van der Waals surface area contributed by atoms with Crippen LogP contribution in [-0.4, -0.2) is 55.2 Å². The molecule has 0 N–H and O–H groups in total. The molecule has 0 aromatic heterocycles. The van der Waals surface area contributed by atoms with Crippen molar-refractivity contribution in [3.05, 3.63) is 11.5 Å². The van der Waals surface area contributed by atoms with E-state index in [9.17, 15) is 4.79 Å². The fourth-order valence-electron chi connectivity index (χ4n) is 2.33. The van der Waals surface area contributed by atoms with E-state index in [1.54, 1.807) is 12.7 Å². The summed E-state index contributed by atoms with van der Waals surface area (Å²) in [5.41, 5.74) is 0.522. The minimum Gasteiger partial charge on any atom is -0.235 e. The first-order valence-corrected chi connectivity index (χ1v) is 6.39. The molecule has 2 aliphatic rings. The lowest BCUT2D eigenvalue weighted by Gasteiger charge is -2.31. The Bertz CT molecular complexity index is 475. The monoisotopic (exact) mass is 250 g/mol. The minimum absolute atomic E-state index is 0.0558. The van der Waals surface area contributed by atoms with E-state index in [-0.39, 0.29) is 10.4 Å². The Hall–Kier alpha value is -1.33. The smallest absolute Gasteiger partial charge is 0.235 e. The summed E-state index contributed by atoms with van der Waals surface area (Å²) < 4.78 is 0.673. The average Bonchev–Trinajstić information content (AvgIpc) is 2.60. The molecule has 18 heavy (non-hydrogen) atoms. The summed E-state index contributed by atoms with van der Waals surface area (Å²) >= 11 is 0. The van der Waals surface area contributed by atoms with E-state index in [1.807, 2.05) is 21.1 Å². The molecule has 0 spiro atoms. The van der Waals surface area contributed by atoms with Crippen molar-refractivity contribution in [2.75, 3.05) is 27.7 Å². The molecule has 0 bridgehead atoms. The maximum atomic E-state index is 12.6. The van der Waals surface area contributed by atoms with Gasteiger partial charge < -0.3 is 0 Å². The third-order valence-electron chi connectivity index (χ3n) is 3.72. The van der Waals surface area contributed by atoms with Crippen molar-refractivity contribution in [2.45, 2.75) is 20.3 Å². The molecule has 1 amide bonds. The summed E-state index contributed by atoms with van der Waals surface area (Å²) in [5.74, 6) is 1.29. The van der Waals surface area contributed by atoms with Gasteiger partial charge in [0.2, 0.25) is 6.34 Å². The molecule has 0 aromatic carbocycles. The highest BCUT2D eigenvalue weighted by Crippen LogP contribution is 2.29. The maximum Gasteiger partial charge on any atom is 0.378 e. The highest BCUT2D eigenvalue weighted by atomic mass is 16.2. The summed E-state index contributed by atoms with van der Waals surface area (Å²) in [7, 11) is 5.86. The van der Waals surface area contributed by atoms with E-state index in [1.165, 1.54) is 0 Å². The first kappa shape index (κ1) is 13.1. The summed E-state index contributed by atoms with van der Waals surface area (Å²) in [6.07, 6.45) is 4.59. The zero-order valence-corrected chi connectivity index (χ0v) is 11.8. The molecule has 2 atom stereocenters. The topological polar surface area (TPSA) is 41.8 Å². The highest BCUT2D eigenvalue weighted by Gasteiger charge is 2.47.